The first-order chi connectivity index (χ1) is 15.1. The number of rotatable bonds is 5. The molecule has 1 atom stereocenters. The lowest BCUT2D eigenvalue weighted by molar-refractivity contribution is 0.0746. The molecule has 1 amide bonds. The molecule has 0 unspecified atom stereocenters. The number of nitrogens with one attached hydrogen (secondary N) is 1. The van der Waals surface area contributed by atoms with Crippen molar-refractivity contribution in [3.05, 3.63) is 107 Å². The largest absolute Gasteiger partial charge is 0.507 e. The summed E-state index contributed by atoms with van der Waals surface area (Å²) in [6, 6.07) is 22.6. The molecule has 0 spiro atoms. The smallest absolute Gasteiger partial charge is 0.273 e. The summed E-state index contributed by atoms with van der Waals surface area (Å²) >= 11 is 0. The summed E-state index contributed by atoms with van der Waals surface area (Å²) in [5.41, 5.74) is 4.09. The van der Waals surface area contributed by atoms with Crippen LogP contribution in [0.4, 0.5) is 4.39 Å². The van der Waals surface area contributed by atoms with Gasteiger partial charge in [-0.3, -0.25) is 9.89 Å². The first-order valence-electron chi connectivity index (χ1n) is 10.1. The number of amides is 1. The maximum absolute atomic E-state index is 13.6. The molecule has 5 nitrogen and oxygen atoms in total. The van der Waals surface area contributed by atoms with Crippen LogP contribution in [-0.4, -0.2) is 32.7 Å². The second-order valence-corrected chi connectivity index (χ2v) is 7.57. The fraction of sp³-hybridized carbons (Fsp3) is 0.120. The summed E-state index contributed by atoms with van der Waals surface area (Å²) < 4.78 is 13.6. The number of hydrogen-bond acceptors (Lipinski definition) is 3. The Morgan fingerprint density at radius 1 is 0.968 bits per heavy atom. The fourth-order valence-electron chi connectivity index (χ4n) is 4.19. The van der Waals surface area contributed by atoms with Crippen molar-refractivity contribution in [3.63, 3.8) is 0 Å². The number of para-hydroxylation sites is 1. The van der Waals surface area contributed by atoms with Gasteiger partial charge in [0.25, 0.3) is 5.91 Å². The molecule has 154 valence electrons. The third-order valence-electron chi connectivity index (χ3n) is 5.69. The first-order valence-corrected chi connectivity index (χ1v) is 10.1. The zero-order valence-corrected chi connectivity index (χ0v) is 16.6. The summed E-state index contributed by atoms with van der Waals surface area (Å²) in [6.45, 7) is 0.494. The van der Waals surface area contributed by atoms with Crippen molar-refractivity contribution in [2.45, 2.75) is 12.5 Å². The van der Waals surface area contributed by atoms with E-state index in [1.165, 1.54) is 12.1 Å². The minimum atomic E-state index is -0.430. The number of phenolic OH excluding ortho intramolecular Hbond substituents is 1. The van der Waals surface area contributed by atoms with Gasteiger partial charge in [0.1, 0.15) is 23.0 Å². The lowest BCUT2D eigenvalue weighted by atomic mass is 9.95. The van der Waals surface area contributed by atoms with E-state index < -0.39 is 6.04 Å². The van der Waals surface area contributed by atoms with E-state index in [0.29, 0.717) is 35.5 Å². The number of carbonyl (C=O) groups is 1. The summed E-state index contributed by atoms with van der Waals surface area (Å²) in [4.78, 5) is 15.1. The Kier molecular flexibility index (Phi) is 4.75. The number of aromatic amines is 1. The van der Waals surface area contributed by atoms with Crippen LogP contribution >= 0.6 is 0 Å². The number of aromatic hydroxyl groups is 1. The van der Waals surface area contributed by atoms with Crippen LogP contribution < -0.4 is 0 Å². The maximum Gasteiger partial charge on any atom is 0.273 e. The molecule has 1 aliphatic heterocycles. The Hall–Kier alpha value is -3.93. The van der Waals surface area contributed by atoms with Crippen LogP contribution in [0.2, 0.25) is 0 Å². The van der Waals surface area contributed by atoms with Crippen molar-refractivity contribution in [1.29, 1.82) is 0 Å². The molecule has 0 saturated heterocycles. The van der Waals surface area contributed by atoms with E-state index in [0.717, 1.165) is 11.1 Å². The van der Waals surface area contributed by atoms with Crippen LogP contribution in [0, 0.1) is 5.82 Å². The number of halogens is 1. The molecular formula is C25H20FN3O2. The summed E-state index contributed by atoms with van der Waals surface area (Å²) in [5.74, 6) is -0.406. The predicted octanol–water partition coefficient (Wildman–Crippen LogP) is 4.71. The first kappa shape index (κ1) is 19.1. The van der Waals surface area contributed by atoms with Crippen molar-refractivity contribution < 1.29 is 14.3 Å². The van der Waals surface area contributed by atoms with Crippen LogP contribution in [0.25, 0.3) is 11.3 Å². The third kappa shape index (κ3) is 3.36. The molecule has 3 aromatic carbocycles. The van der Waals surface area contributed by atoms with E-state index >= 15 is 0 Å². The number of fused-ring (bicyclic) bond motifs is 1. The highest BCUT2D eigenvalue weighted by molar-refractivity contribution is 6.00. The van der Waals surface area contributed by atoms with Crippen LogP contribution in [0.1, 0.15) is 33.2 Å². The van der Waals surface area contributed by atoms with Crippen molar-refractivity contribution in [2.75, 3.05) is 6.54 Å². The number of benzene rings is 3. The zero-order valence-electron chi connectivity index (χ0n) is 16.6. The lowest BCUT2D eigenvalue weighted by Gasteiger charge is -2.26. The van der Waals surface area contributed by atoms with E-state index in [9.17, 15) is 14.3 Å². The quantitative estimate of drug-likeness (QED) is 0.498. The van der Waals surface area contributed by atoms with Crippen molar-refractivity contribution in [2.24, 2.45) is 0 Å². The molecule has 31 heavy (non-hydrogen) atoms. The van der Waals surface area contributed by atoms with Gasteiger partial charge < -0.3 is 10.0 Å². The molecule has 1 aliphatic rings. The van der Waals surface area contributed by atoms with Gasteiger partial charge in [-0.2, -0.15) is 5.10 Å². The van der Waals surface area contributed by atoms with Gasteiger partial charge in [0.05, 0.1) is 6.04 Å². The van der Waals surface area contributed by atoms with Gasteiger partial charge in [-0.1, -0.05) is 54.6 Å². The van der Waals surface area contributed by atoms with Crippen molar-refractivity contribution in [1.82, 2.24) is 15.1 Å². The molecule has 2 N–H and O–H groups in total. The van der Waals surface area contributed by atoms with Crippen LogP contribution in [-0.2, 0) is 6.42 Å². The molecular weight excluding hydrogens is 393 g/mol. The van der Waals surface area contributed by atoms with Crippen LogP contribution in [0.15, 0.2) is 78.9 Å². The minimum absolute atomic E-state index is 0.0878. The minimum Gasteiger partial charge on any atom is -0.507 e. The average molecular weight is 413 g/mol. The molecule has 1 aromatic heterocycles. The molecule has 5 rings (SSSR count). The van der Waals surface area contributed by atoms with Gasteiger partial charge in [-0.25, -0.2) is 4.39 Å². The van der Waals surface area contributed by atoms with Gasteiger partial charge in [0, 0.05) is 17.7 Å². The Morgan fingerprint density at radius 2 is 1.68 bits per heavy atom. The monoisotopic (exact) mass is 413 g/mol. The van der Waals surface area contributed by atoms with E-state index in [2.05, 4.69) is 10.2 Å². The third-order valence-corrected chi connectivity index (χ3v) is 5.69. The van der Waals surface area contributed by atoms with Crippen LogP contribution in [0.3, 0.4) is 0 Å². The molecule has 0 radical (unpaired) electrons. The highest BCUT2D eigenvalue weighted by Gasteiger charge is 2.42. The molecule has 0 fully saturated rings. The average Bonchev–Trinajstić information content (AvgIpc) is 3.33. The van der Waals surface area contributed by atoms with E-state index in [-0.39, 0.29) is 17.5 Å². The SMILES string of the molecule is O=C1c2[nH]nc(-c3ccccc3O)c2[C@@H](c2ccc(F)cc2)N1CCc1ccccc1. The summed E-state index contributed by atoms with van der Waals surface area (Å²) in [7, 11) is 0. The van der Waals surface area contributed by atoms with Gasteiger partial charge >= 0.3 is 0 Å². The maximum atomic E-state index is 13.6. The fourth-order valence-corrected chi connectivity index (χ4v) is 4.19. The number of carbonyl (C=O) groups excluding carboxylic acids is 1. The van der Waals surface area contributed by atoms with Crippen molar-refractivity contribution >= 4 is 5.91 Å². The Morgan fingerprint density at radius 3 is 2.42 bits per heavy atom. The molecule has 0 aliphatic carbocycles. The predicted molar refractivity (Wildman–Crippen MR) is 115 cm³/mol. The number of hydrogen-bond donors (Lipinski definition) is 2. The lowest BCUT2D eigenvalue weighted by Crippen LogP contribution is -2.31. The molecule has 0 bridgehead atoms. The van der Waals surface area contributed by atoms with Crippen LogP contribution in [0.5, 0.6) is 5.75 Å². The summed E-state index contributed by atoms with van der Waals surface area (Å²) in [6.07, 6.45) is 0.688. The molecule has 4 aromatic rings. The van der Waals surface area contributed by atoms with Crippen molar-refractivity contribution in [3.8, 4) is 17.0 Å². The Balaban J connectivity index is 1.59. The molecule has 0 saturated carbocycles. The summed E-state index contributed by atoms with van der Waals surface area (Å²) in [5, 5.41) is 17.6. The van der Waals surface area contributed by atoms with E-state index in [1.807, 2.05) is 36.4 Å². The number of H-pyrrole nitrogens is 1. The second kappa shape index (κ2) is 7.72. The van der Waals surface area contributed by atoms with E-state index in [4.69, 9.17) is 0 Å². The van der Waals surface area contributed by atoms with E-state index in [1.54, 1.807) is 35.2 Å². The van der Waals surface area contributed by atoms with Gasteiger partial charge in [0.15, 0.2) is 0 Å². The standard InChI is InChI=1S/C25H20FN3O2/c26-18-12-10-17(11-13-18)24-21-22(19-8-4-5-9-20(19)30)27-28-23(21)25(31)29(24)15-14-16-6-2-1-3-7-16/h1-13,24,30H,14-15H2,(H,27,28)/t24-/m1/s1. The second-order valence-electron chi connectivity index (χ2n) is 7.57. The molecule has 6 heteroatoms. The number of phenols is 1. The normalized spacial score (nSPS) is 15.3. The highest BCUT2D eigenvalue weighted by atomic mass is 19.1. The number of nitrogens with zero attached hydrogens (tertiary/aromatic N) is 2. The van der Waals surface area contributed by atoms with Gasteiger partial charge in [-0.05, 0) is 41.8 Å². The zero-order chi connectivity index (χ0) is 21.4. The van der Waals surface area contributed by atoms with Gasteiger partial charge in [0.2, 0.25) is 0 Å². The molecule has 2 heterocycles. The Bertz CT molecular complexity index is 1240. The number of aromatic nitrogens is 2. The highest BCUT2D eigenvalue weighted by Crippen LogP contribution is 2.44. The topological polar surface area (TPSA) is 69.2 Å². The Labute approximate surface area is 178 Å². The van der Waals surface area contributed by atoms with Gasteiger partial charge in [-0.15, -0.1) is 0 Å².